The van der Waals surface area contributed by atoms with Gasteiger partial charge in [0.25, 0.3) is 5.56 Å². The number of carboxylic acids is 1. The molecule has 1 atom stereocenters. The van der Waals surface area contributed by atoms with Crippen molar-refractivity contribution in [1.29, 1.82) is 0 Å². The topological polar surface area (TPSA) is 99.8 Å². The zero-order valence-corrected chi connectivity index (χ0v) is 20.4. The van der Waals surface area contributed by atoms with Gasteiger partial charge in [-0.05, 0) is 43.4 Å². The van der Waals surface area contributed by atoms with Gasteiger partial charge in [-0.3, -0.25) is 9.20 Å². The summed E-state index contributed by atoms with van der Waals surface area (Å²) in [5.41, 5.74) is 0.133. The van der Waals surface area contributed by atoms with Gasteiger partial charge in [0.1, 0.15) is 21.6 Å². The predicted molar refractivity (Wildman–Crippen MR) is 130 cm³/mol. The Hall–Kier alpha value is -2.91. The molecule has 180 valence electrons. The number of carboxylic acid groups (broad SMARTS) is 1. The Morgan fingerprint density at radius 3 is 2.56 bits per heavy atom. The van der Waals surface area contributed by atoms with Crippen LogP contribution in [0.3, 0.4) is 0 Å². The second kappa shape index (κ2) is 9.03. The standard InChI is InChI=1S/C23H24Cl2FN5O3/c1-12(27-15-4-5-16(24)28-18(15)22(33)34)14-10-13(26)11-31-19(14)29-20(17(25)21(31)32)30-8-6-23(2,3)7-9-30/h4-5,10-12,27H,6-9H2,1-3H3,(H,33,34)/t12-/m1/s1. The molecule has 0 radical (unpaired) electrons. The quantitative estimate of drug-likeness (QED) is 0.466. The third kappa shape index (κ3) is 4.67. The highest BCUT2D eigenvalue weighted by Crippen LogP contribution is 2.34. The second-order valence-electron chi connectivity index (χ2n) is 9.21. The molecule has 0 spiro atoms. The number of fused-ring (bicyclic) bond motifs is 1. The summed E-state index contributed by atoms with van der Waals surface area (Å²) in [5.74, 6) is -1.56. The van der Waals surface area contributed by atoms with E-state index < -0.39 is 23.4 Å². The number of pyridine rings is 2. The van der Waals surface area contributed by atoms with Crippen LogP contribution < -0.4 is 15.8 Å². The van der Waals surface area contributed by atoms with Crippen LogP contribution in [0.25, 0.3) is 5.65 Å². The lowest BCUT2D eigenvalue weighted by molar-refractivity contribution is 0.0691. The van der Waals surface area contributed by atoms with Crippen LogP contribution >= 0.6 is 23.2 Å². The van der Waals surface area contributed by atoms with E-state index in [1.54, 1.807) is 6.92 Å². The van der Waals surface area contributed by atoms with Crippen LogP contribution in [0.4, 0.5) is 15.9 Å². The summed E-state index contributed by atoms with van der Waals surface area (Å²) in [4.78, 5) is 35.2. The first-order chi connectivity index (χ1) is 16.0. The maximum absolute atomic E-state index is 14.5. The molecule has 1 aliphatic heterocycles. The Kier molecular flexibility index (Phi) is 6.44. The first-order valence-corrected chi connectivity index (χ1v) is 11.5. The fourth-order valence-electron chi connectivity index (χ4n) is 4.08. The van der Waals surface area contributed by atoms with Crippen molar-refractivity contribution in [2.75, 3.05) is 23.3 Å². The van der Waals surface area contributed by atoms with E-state index in [1.807, 2.05) is 4.90 Å². The van der Waals surface area contributed by atoms with E-state index in [1.165, 1.54) is 18.2 Å². The lowest BCUT2D eigenvalue weighted by Gasteiger charge is -2.37. The van der Waals surface area contributed by atoms with Crippen LogP contribution in [-0.4, -0.2) is 38.5 Å². The maximum atomic E-state index is 14.5. The lowest BCUT2D eigenvalue weighted by Crippen LogP contribution is -2.39. The Morgan fingerprint density at radius 2 is 1.91 bits per heavy atom. The largest absolute Gasteiger partial charge is 0.476 e. The van der Waals surface area contributed by atoms with E-state index in [0.717, 1.165) is 23.4 Å². The van der Waals surface area contributed by atoms with Crippen molar-refractivity contribution in [3.63, 3.8) is 0 Å². The molecule has 8 nitrogen and oxygen atoms in total. The summed E-state index contributed by atoms with van der Waals surface area (Å²) in [6.07, 6.45) is 2.88. The van der Waals surface area contributed by atoms with Crippen molar-refractivity contribution in [3.05, 3.63) is 62.0 Å². The first-order valence-electron chi connectivity index (χ1n) is 10.8. The second-order valence-corrected chi connectivity index (χ2v) is 9.98. The predicted octanol–water partition coefficient (Wildman–Crippen LogP) is 5.03. The highest BCUT2D eigenvalue weighted by molar-refractivity contribution is 6.32. The van der Waals surface area contributed by atoms with Crippen LogP contribution in [0.1, 0.15) is 55.7 Å². The Bertz CT molecular complexity index is 1330. The number of carbonyl (C=O) groups is 1. The van der Waals surface area contributed by atoms with Gasteiger partial charge in [0.05, 0.1) is 11.7 Å². The molecule has 1 aliphatic rings. The fraction of sp³-hybridized carbons (Fsp3) is 0.391. The molecule has 0 unspecified atom stereocenters. The summed E-state index contributed by atoms with van der Waals surface area (Å²) in [6, 6.07) is 3.56. The molecule has 3 aromatic rings. The van der Waals surface area contributed by atoms with Gasteiger partial charge in [0.2, 0.25) is 0 Å². The molecule has 4 rings (SSSR count). The van der Waals surface area contributed by atoms with Gasteiger partial charge in [-0.15, -0.1) is 0 Å². The first kappa shape index (κ1) is 24.2. The van der Waals surface area contributed by atoms with Crippen molar-refractivity contribution >= 4 is 46.3 Å². The van der Waals surface area contributed by atoms with E-state index in [0.29, 0.717) is 24.5 Å². The van der Waals surface area contributed by atoms with E-state index in [9.17, 15) is 19.1 Å². The lowest BCUT2D eigenvalue weighted by atomic mass is 9.83. The van der Waals surface area contributed by atoms with Crippen LogP contribution in [0.5, 0.6) is 0 Å². The van der Waals surface area contributed by atoms with Crippen LogP contribution in [-0.2, 0) is 0 Å². The van der Waals surface area contributed by atoms with Crippen molar-refractivity contribution in [2.45, 2.75) is 39.7 Å². The SMILES string of the molecule is C[C@@H](Nc1ccc(Cl)nc1C(=O)O)c1cc(F)cn2c(=O)c(Cl)c(N3CCC(C)(C)CC3)nc12. The third-order valence-electron chi connectivity index (χ3n) is 6.17. The van der Waals surface area contributed by atoms with E-state index in [4.69, 9.17) is 23.2 Å². The van der Waals surface area contributed by atoms with Crippen molar-refractivity contribution in [1.82, 2.24) is 14.4 Å². The number of hydrogen-bond donors (Lipinski definition) is 2. The van der Waals surface area contributed by atoms with Crippen molar-refractivity contribution in [3.8, 4) is 0 Å². The summed E-state index contributed by atoms with van der Waals surface area (Å²) in [6.45, 7) is 7.48. The molecule has 2 N–H and O–H groups in total. The minimum Gasteiger partial charge on any atom is -0.476 e. The molecule has 0 amide bonds. The van der Waals surface area contributed by atoms with Gasteiger partial charge in [-0.25, -0.2) is 19.2 Å². The summed E-state index contributed by atoms with van der Waals surface area (Å²) >= 11 is 12.2. The van der Waals surface area contributed by atoms with Gasteiger partial charge in [-0.1, -0.05) is 37.0 Å². The maximum Gasteiger partial charge on any atom is 0.356 e. The summed E-state index contributed by atoms with van der Waals surface area (Å²) in [5, 5.41) is 12.5. The third-order valence-corrected chi connectivity index (χ3v) is 6.71. The molecule has 1 fully saturated rings. The molecule has 0 aromatic carbocycles. The van der Waals surface area contributed by atoms with E-state index in [-0.39, 0.29) is 32.6 Å². The molecule has 4 heterocycles. The number of aromatic carboxylic acids is 1. The van der Waals surface area contributed by atoms with Crippen LogP contribution in [0, 0.1) is 11.2 Å². The molecular formula is C23H24Cl2FN5O3. The van der Waals surface area contributed by atoms with Crippen LogP contribution in [0.2, 0.25) is 10.2 Å². The number of nitrogens with one attached hydrogen (secondary N) is 1. The summed E-state index contributed by atoms with van der Waals surface area (Å²) in [7, 11) is 0. The molecule has 0 bridgehead atoms. The average Bonchev–Trinajstić information content (AvgIpc) is 2.77. The molecule has 1 saturated heterocycles. The van der Waals surface area contributed by atoms with E-state index >= 15 is 0 Å². The zero-order valence-electron chi connectivity index (χ0n) is 18.9. The number of aromatic nitrogens is 3. The Morgan fingerprint density at radius 1 is 1.24 bits per heavy atom. The average molecular weight is 508 g/mol. The highest BCUT2D eigenvalue weighted by atomic mass is 35.5. The van der Waals surface area contributed by atoms with Gasteiger partial charge in [0, 0.05) is 24.8 Å². The Labute approximate surface area is 205 Å². The van der Waals surface area contributed by atoms with Gasteiger partial charge >= 0.3 is 5.97 Å². The minimum absolute atomic E-state index is 0.0315. The monoisotopic (exact) mass is 507 g/mol. The minimum atomic E-state index is -1.27. The Balaban J connectivity index is 1.79. The molecular weight excluding hydrogens is 484 g/mol. The van der Waals surface area contributed by atoms with Gasteiger partial charge in [-0.2, -0.15) is 0 Å². The fourth-order valence-corrected chi connectivity index (χ4v) is 4.48. The molecule has 11 heteroatoms. The molecule has 0 saturated carbocycles. The van der Waals surface area contributed by atoms with Gasteiger partial charge < -0.3 is 15.3 Å². The highest BCUT2D eigenvalue weighted by Gasteiger charge is 2.29. The molecule has 0 aliphatic carbocycles. The van der Waals surface area contributed by atoms with E-state index in [2.05, 4.69) is 29.1 Å². The number of halogens is 3. The van der Waals surface area contributed by atoms with Crippen molar-refractivity contribution < 1.29 is 14.3 Å². The van der Waals surface area contributed by atoms with Crippen LogP contribution in [0.15, 0.2) is 29.2 Å². The normalized spacial score (nSPS) is 16.5. The number of nitrogens with zero attached hydrogens (tertiary/aromatic N) is 4. The smallest absolute Gasteiger partial charge is 0.356 e. The van der Waals surface area contributed by atoms with Crippen molar-refractivity contribution in [2.24, 2.45) is 5.41 Å². The number of rotatable bonds is 5. The summed E-state index contributed by atoms with van der Waals surface area (Å²) < 4.78 is 15.6. The number of hydrogen-bond acceptors (Lipinski definition) is 6. The number of anilines is 2. The molecule has 3 aromatic heterocycles. The molecule has 34 heavy (non-hydrogen) atoms. The number of piperidine rings is 1. The zero-order chi connectivity index (χ0) is 24.8. The van der Waals surface area contributed by atoms with Gasteiger partial charge in [0.15, 0.2) is 11.5 Å².